The molecule has 0 aliphatic carbocycles. The van der Waals surface area contributed by atoms with Crippen LogP contribution in [0.3, 0.4) is 0 Å². The summed E-state index contributed by atoms with van der Waals surface area (Å²) in [7, 11) is -3.44. The Bertz CT molecular complexity index is 555. The summed E-state index contributed by atoms with van der Waals surface area (Å²) in [5.74, 6) is -0.278. The molecule has 0 spiro atoms. The Kier molecular flexibility index (Phi) is 7.18. The topological polar surface area (TPSA) is 54.5 Å². The predicted octanol–water partition coefficient (Wildman–Crippen LogP) is 3.15. The van der Waals surface area contributed by atoms with Gasteiger partial charge in [-0.2, -0.15) is 0 Å². The molecule has 0 heterocycles. The Morgan fingerprint density at radius 1 is 1.19 bits per heavy atom. The fraction of sp³-hybridized carbons (Fsp3) is 0.533. The van der Waals surface area contributed by atoms with E-state index in [9.17, 15) is 13.2 Å². The van der Waals surface area contributed by atoms with Crippen LogP contribution in [0, 0.1) is 0 Å². The van der Waals surface area contributed by atoms with Gasteiger partial charge in [0.2, 0.25) is 5.91 Å². The number of rotatable bonds is 8. The minimum Gasteiger partial charge on any atom is -0.343 e. The molecule has 118 valence electrons. The van der Waals surface area contributed by atoms with Gasteiger partial charge in [0.1, 0.15) is 0 Å². The monoisotopic (exact) mass is 331 g/mol. The van der Waals surface area contributed by atoms with Gasteiger partial charge in [-0.15, -0.1) is 0 Å². The number of benzene rings is 1. The first-order chi connectivity index (χ1) is 9.90. The van der Waals surface area contributed by atoms with Crippen molar-refractivity contribution in [3.8, 4) is 0 Å². The van der Waals surface area contributed by atoms with Crippen molar-refractivity contribution in [3.05, 3.63) is 29.3 Å². The molecule has 1 aromatic rings. The number of nitrogens with zero attached hydrogens (tertiary/aromatic N) is 1. The molecule has 4 nitrogen and oxygen atoms in total. The van der Waals surface area contributed by atoms with Crippen LogP contribution < -0.4 is 0 Å². The average molecular weight is 332 g/mol. The summed E-state index contributed by atoms with van der Waals surface area (Å²) in [4.78, 5) is 14.0. The molecule has 0 aromatic heterocycles. The van der Waals surface area contributed by atoms with Gasteiger partial charge in [-0.3, -0.25) is 4.79 Å². The molecule has 1 rings (SSSR count). The van der Waals surface area contributed by atoms with E-state index in [-0.39, 0.29) is 23.0 Å². The van der Waals surface area contributed by atoms with Crippen LogP contribution in [-0.2, 0) is 14.6 Å². The SMILES string of the molecule is CCCCN(CC)C(=O)CCS(=O)(=O)c1ccc(Cl)cc1. The molecule has 0 radical (unpaired) electrons. The van der Waals surface area contributed by atoms with Gasteiger partial charge in [-0.25, -0.2) is 8.42 Å². The second-order valence-corrected chi connectivity index (χ2v) is 7.40. The standard InChI is InChI=1S/C15H22ClNO3S/c1-3-5-11-17(4-2)15(18)10-12-21(19,20)14-8-6-13(16)7-9-14/h6-9H,3-5,10-12H2,1-2H3. The maximum atomic E-state index is 12.2. The van der Waals surface area contributed by atoms with E-state index in [0.717, 1.165) is 12.8 Å². The first-order valence-corrected chi connectivity index (χ1v) is 9.19. The molecule has 0 atom stereocenters. The maximum absolute atomic E-state index is 12.2. The second kappa shape index (κ2) is 8.39. The summed E-state index contributed by atoms with van der Waals surface area (Å²) in [6, 6.07) is 6.01. The van der Waals surface area contributed by atoms with Crippen LogP contribution in [0.25, 0.3) is 0 Å². The van der Waals surface area contributed by atoms with E-state index in [0.29, 0.717) is 18.1 Å². The third kappa shape index (κ3) is 5.67. The Hall–Kier alpha value is -1.07. The zero-order valence-electron chi connectivity index (χ0n) is 12.5. The first kappa shape index (κ1) is 18.0. The number of hydrogen-bond acceptors (Lipinski definition) is 3. The molecule has 1 aromatic carbocycles. The average Bonchev–Trinajstić information content (AvgIpc) is 2.46. The normalized spacial score (nSPS) is 11.4. The van der Waals surface area contributed by atoms with Crippen molar-refractivity contribution >= 4 is 27.3 Å². The lowest BCUT2D eigenvalue weighted by molar-refractivity contribution is -0.130. The largest absolute Gasteiger partial charge is 0.343 e. The van der Waals surface area contributed by atoms with Crippen LogP contribution in [0.4, 0.5) is 0 Å². The third-order valence-electron chi connectivity index (χ3n) is 3.27. The van der Waals surface area contributed by atoms with E-state index in [1.54, 1.807) is 4.90 Å². The van der Waals surface area contributed by atoms with Crippen LogP contribution >= 0.6 is 11.6 Å². The van der Waals surface area contributed by atoms with Gasteiger partial charge >= 0.3 is 0 Å². The molecule has 0 aliphatic heterocycles. The van der Waals surface area contributed by atoms with Crippen LogP contribution in [0.1, 0.15) is 33.1 Å². The van der Waals surface area contributed by atoms with E-state index in [4.69, 9.17) is 11.6 Å². The summed E-state index contributed by atoms with van der Waals surface area (Å²) < 4.78 is 24.3. The molecular weight excluding hydrogens is 310 g/mol. The number of sulfone groups is 1. The van der Waals surface area contributed by atoms with Gasteiger partial charge in [0.05, 0.1) is 10.6 Å². The highest BCUT2D eigenvalue weighted by Crippen LogP contribution is 2.16. The van der Waals surface area contributed by atoms with Crippen molar-refractivity contribution in [2.24, 2.45) is 0 Å². The molecule has 0 saturated carbocycles. The van der Waals surface area contributed by atoms with Crippen LogP contribution in [0.15, 0.2) is 29.2 Å². The third-order valence-corrected chi connectivity index (χ3v) is 5.26. The number of carbonyl (C=O) groups is 1. The van der Waals surface area contributed by atoms with Gasteiger partial charge in [-0.05, 0) is 37.6 Å². The van der Waals surface area contributed by atoms with Crippen LogP contribution in [-0.4, -0.2) is 38.1 Å². The molecule has 0 unspecified atom stereocenters. The molecule has 1 amide bonds. The summed E-state index contributed by atoms with van der Waals surface area (Å²) in [6.07, 6.45) is 1.96. The Morgan fingerprint density at radius 2 is 1.81 bits per heavy atom. The predicted molar refractivity (Wildman–Crippen MR) is 85.3 cm³/mol. The second-order valence-electron chi connectivity index (χ2n) is 4.85. The fourth-order valence-electron chi connectivity index (χ4n) is 1.95. The molecule has 0 saturated heterocycles. The van der Waals surface area contributed by atoms with Crippen molar-refractivity contribution in [2.75, 3.05) is 18.8 Å². The molecule has 6 heteroatoms. The number of unbranched alkanes of at least 4 members (excludes halogenated alkanes) is 1. The molecule has 0 N–H and O–H groups in total. The van der Waals surface area contributed by atoms with Crippen LogP contribution in [0.5, 0.6) is 0 Å². The molecule has 21 heavy (non-hydrogen) atoms. The van der Waals surface area contributed by atoms with E-state index in [2.05, 4.69) is 6.92 Å². The Labute approximate surface area is 132 Å². The molecule has 0 aliphatic rings. The zero-order chi connectivity index (χ0) is 15.9. The Morgan fingerprint density at radius 3 is 2.33 bits per heavy atom. The van der Waals surface area contributed by atoms with Gasteiger partial charge in [0.25, 0.3) is 0 Å². The lowest BCUT2D eigenvalue weighted by atomic mass is 10.3. The summed E-state index contributed by atoms with van der Waals surface area (Å²) in [6.45, 7) is 5.26. The highest BCUT2D eigenvalue weighted by atomic mass is 35.5. The quantitative estimate of drug-likeness (QED) is 0.735. The smallest absolute Gasteiger partial charge is 0.223 e. The summed E-state index contributed by atoms with van der Waals surface area (Å²) >= 11 is 5.74. The van der Waals surface area contributed by atoms with Crippen LogP contribution in [0.2, 0.25) is 5.02 Å². The van der Waals surface area contributed by atoms with E-state index in [1.165, 1.54) is 24.3 Å². The van der Waals surface area contributed by atoms with E-state index >= 15 is 0 Å². The minimum atomic E-state index is -3.44. The number of amides is 1. The number of halogens is 1. The zero-order valence-corrected chi connectivity index (χ0v) is 14.1. The first-order valence-electron chi connectivity index (χ1n) is 7.16. The van der Waals surface area contributed by atoms with Crippen molar-refractivity contribution in [3.63, 3.8) is 0 Å². The molecule has 0 bridgehead atoms. The van der Waals surface area contributed by atoms with E-state index in [1.807, 2.05) is 6.92 Å². The van der Waals surface area contributed by atoms with Gasteiger partial charge in [0, 0.05) is 24.5 Å². The van der Waals surface area contributed by atoms with Crippen molar-refractivity contribution < 1.29 is 13.2 Å². The van der Waals surface area contributed by atoms with Crippen molar-refractivity contribution in [2.45, 2.75) is 38.0 Å². The van der Waals surface area contributed by atoms with Crippen molar-refractivity contribution in [1.29, 1.82) is 0 Å². The minimum absolute atomic E-state index is 0.0164. The van der Waals surface area contributed by atoms with E-state index < -0.39 is 9.84 Å². The number of carbonyl (C=O) groups excluding carboxylic acids is 1. The highest BCUT2D eigenvalue weighted by Gasteiger charge is 2.18. The molecular formula is C15H22ClNO3S. The summed E-state index contributed by atoms with van der Waals surface area (Å²) in [5.41, 5.74) is 0. The lowest BCUT2D eigenvalue weighted by Gasteiger charge is -2.20. The number of hydrogen-bond donors (Lipinski definition) is 0. The van der Waals surface area contributed by atoms with Crippen molar-refractivity contribution in [1.82, 2.24) is 4.90 Å². The summed E-state index contributed by atoms with van der Waals surface area (Å²) in [5, 5.41) is 0.488. The van der Waals surface area contributed by atoms with Gasteiger partial charge in [0.15, 0.2) is 9.84 Å². The maximum Gasteiger partial charge on any atom is 0.223 e. The molecule has 0 fully saturated rings. The highest BCUT2D eigenvalue weighted by molar-refractivity contribution is 7.91. The Balaban J connectivity index is 2.64. The fourth-order valence-corrected chi connectivity index (χ4v) is 3.30. The van der Waals surface area contributed by atoms with Gasteiger partial charge < -0.3 is 4.90 Å². The lowest BCUT2D eigenvalue weighted by Crippen LogP contribution is -2.32. The van der Waals surface area contributed by atoms with Gasteiger partial charge in [-0.1, -0.05) is 24.9 Å².